The monoisotopic (exact) mass is 260 g/mol. The minimum absolute atomic E-state index is 0.367. The molecule has 1 rings (SSSR count). The molecule has 3 N–H and O–H groups in total. The molecule has 1 fully saturated rings. The average molecular weight is 260 g/mol. The Morgan fingerprint density at radius 3 is 2.53 bits per heavy atom. The zero-order chi connectivity index (χ0) is 13.2. The van der Waals surface area contributed by atoms with Gasteiger partial charge in [-0.15, -0.1) is 0 Å². The quantitative estimate of drug-likeness (QED) is 0.662. The third-order valence-corrected chi connectivity index (χ3v) is 4.47. The Labute approximate surface area is 102 Å². The largest absolute Gasteiger partial charge is 0.480 e. The molecule has 0 aromatic heterocycles. The van der Waals surface area contributed by atoms with Gasteiger partial charge in [-0.2, -0.15) is 0 Å². The Morgan fingerprint density at radius 2 is 2.06 bits per heavy atom. The number of carboxylic acids is 1. The van der Waals surface area contributed by atoms with E-state index in [0.29, 0.717) is 12.6 Å². The summed E-state index contributed by atoms with van der Waals surface area (Å²) in [4.78, 5) is 24.2. The maximum Gasteiger partial charge on any atom is 0.410 e. The molecule has 0 aliphatic carbocycles. The zero-order valence-corrected chi connectivity index (χ0v) is 11.6. The summed E-state index contributed by atoms with van der Waals surface area (Å²) < 4.78 is 5.20. The van der Waals surface area contributed by atoms with E-state index in [1.54, 1.807) is 20.8 Å². The average Bonchev–Trinajstić information content (AvgIpc) is 2.14. The molecule has 0 unspecified atom stereocenters. The molecular weight excluding hydrogens is 240 g/mol. The van der Waals surface area contributed by atoms with Gasteiger partial charge in [0, 0.05) is 6.17 Å². The number of carboxylic acid groups (broad SMARTS) is 1. The molecule has 1 aliphatic heterocycles. The SMILES string of the molecule is CC(C)(C)OC(=O)N1C[Si@@H](N)CC[C@@H]1C(=O)O. The maximum atomic E-state index is 11.9. The lowest BCUT2D eigenvalue weighted by Crippen LogP contribution is -2.57. The van der Waals surface area contributed by atoms with Gasteiger partial charge in [-0.3, -0.25) is 4.90 Å². The molecule has 1 saturated heterocycles. The number of nitrogens with two attached hydrogens (primary N) is 1. The van der Waals surface area contributed by atoms with Crippen LogP contribution in [0.25, 0.3) is 0 Å². The molecule has 0 bridgehead atoms. The van der Waals surface area contributed by atoms with Gasteiger partial charge in [-0.1, -0.05) is 0 Å². The number of aliphatic carboxylic acids is 1. The molecule has 98 valence electrons. The predicted octanol–water partition coefficient (Wildman–Crippen LogP) is 0.302. The number of carbonyl (C=O) groups is 2. The molecule has 1 heterocycles. The number of ether oxygens (including phenoxy) is 1. The lowest BCUT2D eigenvalue weighted by molar-refractivity contribution is -0.143. The van der Waals surface area contributed by atoms with E-state index in [1.165, 1.54) is 4.90 Å². The molecule has 0 radical (unpaired) electrons. The molecule has 0 saturated carbocycles. The standard InChI is InChI=1S/C10H20N2O4Si/c1-10(2,3)16-9(15)12-6-17(11)5-4-7(12)8(13)14/h7,17H,4-6,11H2,1-3H3,(H,13,14)/t7-,17+/m1/s1. The summed E-state index contributed by atoms with van der Waals surface area (Å²) in [6.45, 7) is 5.26. The van der Waals surface area contributed by atoms with Crippen molar-refractivity contribution in [3.05, 3.63) is 0 Å². The van der Waals surface area contributed by atoms with Gasteiger partial charge in [0.15, 0.2) is 0 Å². The molecule has 0 spiro atoms. The van der Waals surface area contributed by atoms with Crippen molar-refractivity contribution in [3.8, 4) is 0 Å². The first kappa shape index (κ1) is 14.0. The van der Waals surface area contributed by atoms with Crippen LogP contribution >= 0.6 is 0 Å². The van der Waals surface area contributed by atoms with Crippen molar-refractivity contribution in [2.24, 2.45) is 5.40 Å². The summed E-state index contributed by atoms with van der Waals surface area (Å²) in [5.41, 5.74) is -0.622. The minimum atomic E-state index is -1.49. The molecular formula is C10H20N2O4Si. The molecule has 0 aromatic carbocycles. The molecule has 17 heavy (non-hydrogen) atoms. The normalized spacial score (nSPS) is 25.5. The number of amides is 1. The van der Waals surface area contributed by atoms with Crippen LogP contribution in [0.2, 0.25) is 6.04 Å². The summed E-state index contributed by atoms with van der Waals surface area (Å²) in [6.07, 6.45) is 0.223. The second-order valence-electron chi connectivity index (χ2n) is 5.32. The second kappa shape index (κ2) is 5.05. The summed E-state index contributed by atoms with van der Waals surface area (Å²) in [5.74, 6) is -0.989. The van der Waals surface area contributed by atoms with Crippen molar-refractivity contribution in [2.75, 3.05) is 6.17 Å². The zero-order valence-electron chi connectivity index (χ0n) is 10.5. The molecule has 6 nitrogen and oxygen atoms in total. The number of nitrogens with zero attached hydrogens (tertiary/aromatic N) is 1. The highest BCUT2D eigenvalue weighted by Gasteiger charge is 2.37. The van der Waals surface area contributed by atoms with Gasteiger partial charge in [-0.05, 0) is 33.2 Å². The van der Waals surface area contributed by atoms with E-state index >= 15 is 0 Å². The molecule has 2 atom stereocenters. The van der Waals surface area contributed by atoms with Gasteiger partial charge >= 0.3 is 12.1 Å². The van der Waals surface area contributed by atoms with Gasteiger partial charge < -0.3 is 15.2 Å². The highest BCUT2D eigenvalue weighted by atomic mass is 28.3. The summed E-state index contributed by atoms with van der Waals surface area (Å²) >= 11 is 0. The van der Waals surface area contributed by atoms with Crippen LogP contribution in [0, 0.1) is 0 Å². The first-order valence-electron chi connectivity index (χ1n) is 5.68. The fourth-order valence-electron chi connectivity index (χ4n) is 1.78. The Balaban J connectivity index is 2.75. The van der Waals surface area contributed by atoms with Gasteiger partial charge in [0.25, 0.3) is 0 Å². The van der Waals surface area contributed by atoms with Gasteiger partial charge in [-0.25, -0.2) is 9.59 Å². The third kappa shape index (κ3) is 4.01. The smallest absolute Gasteiger partial charge is 0.410 e. The summed E-state index contributed by atoms with van der Waals surface area (Å²) in [5, 5.41) is 15.0. The van der Waals surface area contributed by atoms with Crippen LogP contribution in [0.15, 0.2) is 0 Å². The van der Waals surface area contributed by atoms with Crippen molar-refractivity contribution in [1.29, 1.82) is 0 Å². The highest BCUT2D eigenvalue weighted by molar-refractivity contribution is 6.56. The van der Waals surface area contributed by atoms with Crippen LogP contribution in [0.3, 0.4) is 0 Å². The highest BCUT2D eigenvalue weighted by Crippen LogP contribution is 2.19. The van der Waals surface area contributed by atoms with Crippen molar-refractivity contribution >= 4 is 21.0 Å². The van der Waals surface area contributed by atoms with E-state index in [2.05, 4.69) is 0 Å². The van der Waals surface area contributed by atoms with Crippen LogP contribution < -0.4 is 5.40 Å². The second-order valence-corrected chi connectivity index (χ2v) is 7.79. The lowest BCUT2D eigenvalue weighted by Gasteiger charge is -2.36. The van der Waals surface area contributed by atoms with Crippen LogP contribution in [0.1, 0.15) is 27.2 Å². The van der Waals surface area contributed by atoms with E-state index in [-0.39, 0.29) is 0 Å². The van der Waals surface area contributed by atoms with Crippen molar-refractivity contribution in [3.63, 3.8) is 0 Å². The number of hydrogen-bond acceptors (Lipinski definition) is 4. The predicted molar refractivity (Wildman–Crippen MR) is 65.1 cm³/mol. The topological polar surface area (TPSA) is 92.9 Å². The Bertz CT molecular complexity index is 316. The van der Waals surface area contributed by atoms with E-state index in [9.17, 15) is 9.59 Å². The van der Waals surface area contributed by atoms with Crippen molar-refractivity contribution in [1.82, 2.24) is 4.90 Å². The molecule has 0 aromatic rings. The van der Waals surface area contributed by atoms with E-state index in [1.807, 2.05) is 0 Å². The molecule has 1 amide bonds. The molecule has 7 heteroatoms. The first-order valence-corrected chi connectivity index (χ1v) is 7.98. The maximum absolute atomic E-state index is 11.9. The van der Waals surface area contributed by atoms with Crippen molar-refractivity contribution < 1.29 is 19.4 Å². The van der Waals surface area contributed by atoms with Crippen LogP contribution in [0.4, 0.5) is 4.79 Å². The Hall–Kier alpha value is -1.08. The fraction of sp³-hybridized carbons (Fsp3) is 0.800. The van der Waals surface area contributed by atoms with Crippen LogP contribution in [-0.2, 0) is 9.53 Å². The Morgan fingerprint density at radius 1 is 1.47 bits per heavy atom. The van der Waals surface area contributed by atoms with Gasteiger partial charge in [0.2, 0.25) is 0 Å². The van der Waals surface area contributed by atoms with Gasteiger partial charge in [0.1, 0.15) is 20.6 Å². The molecule has 1 aliphatic rings. The number of hydrogen-bond donors (Lipinski definition) is 2. The van der Waals surface area contributed by atoms with Gasteiger partial charge in [0.05, 0.1) is 0 Å². The third-order valence-electron chi connectivity index (χ3n) is 2.53. The van der Waals surface area contributed by atoms with E-state index in [4.69, 9.17) is 15.2 Å². The minimum Gasteiger partial charge on any atom is -0.480 e. The Kier molecular flexibility index (Phi) is 4.15. The van der Waals surface area contributed by atoms with E-state index < -0.39 is 32.7 Å². The van der Waals surface area contributed by atoms with Crippen molar-refractivity contribution in [2.45, 2.75) is 44.9 Å². The summed E-state index contributed by atoms with van der Waals surface area (Å²) in [6, 6.07) is -0.0480. The number of carbonyl (C=O) groups excluding carboxylic acids is 1. The summed E-state index contributed by atoms with van der Waals surface area (Å²) in [7, 11) is -1.49. The first-order chi connectivity index (χ1) is 7.70. The lowest BCUT2D eigenvalue weighted by atomic mass is 10.2. The van der Waals surface area contributed by atoms with Crippen LogP contribution in [-0.4, -0.2) is 48.8 Å². The number of rotatable bonds is 1. The van der Waals surface area contributed by atoms with Crippen LogP contribution in [0.5, 0.6) is 0 Å². The fourth-order valence-corrected chi connectivity index (χ4v) is 3.61. The van der Waals surface area contributed by atoms with E-state index in [0.717, 1.165) is 6.04 Å².